The maximum atomic E-state index is 14.5. The van der Waals surface area contributed by atoms with Crippen LogP contribution in [0.5, 0.6) is 11.5 Å². The van der Waals surface area contributed by atoms with Gasteiger partial charge in [-0.3, -0.25) is 24.1 Å². The summed E-state index contributed by atoms with van der Waals surface area (Å²) < 4.78 is 6.12. The molecule has 3 fully saturated rings. The minimum absolute atomic E-state index is 0.126. The number of benzene rings is 3. The number of ether oxygens (including phenoxy) is 1. The Balaban J connectivity index is 1.39. The van der Waals surface area contributed by atoms with E-state index in [1.807, 2.05) is 43.3 Å². The first kappa shape index (κ1) is 29.5. The number of hydrogen-bond acceptors (Lipinski definition) is 6. The highest BCUT2D eigenvalue weighted by Gasteiger charge is 2.68. The normalized spacial score (nSPS) is 29.0. The number of anilines is 2. The number of phenols is 1. The zero-order valence-corrected chi connectivity index (χ0v) is 26.8. The van der Waals surface area contributed by atoms with Crippen LogP contribution in [0.4, 0.5) is 11.4 Å². The number of nitrogens with zero attached hydrogens (tertiary/aromatic N) is 2. The van der Waals surface area contributed by atoms with Crippen LogP contribution in [-0.4, -0.2) is 35.8 Å². The second-order valence-corrected chi connectivity index (χ2v) is 13.5. The number of aryl methyl sites for hydroxylation is 1. The lowest BCUT2D eigenvalue weighted by Gasteiger charge is -2.49. The Morgan fingerprint density at radius 1 is 0.911 bits per heavy atom. The molecule has 0 unspecified atom stereocenters. The van der Waals surface area contributed by atoms with Gasteiger partial charge >= 0.3 is 0 Å². The first-order valence-electron chi connectivity index (χ1n) is 15.3. The molecule has 8 nitrogen and oxygen atoms in total. The number of amides is 4. The predicted molar refractivity (Wildman–Crippen MR) is 172 cm³/mol. The van der Waals surface area contributed by atoms with Gasteiger partial charge in [0.25, 0.3) is 0 Å². The molecule has 0 bridgehead atoms. The lowest BCUT2D eigenvalue weighted by Crippen LogP contribution is -2.49. The van der Waals surface area contributed by atoms with Crippen molar-refractivity contribution in [1.82, 2.24) is 0 Å². The average Bonchev–Trinajstić information content (AvgIpc) is 3.42. The first-order chi connectivity index (χ1) is 21.6. The van der Waals surface area contributed by atoms with E-state index in [9.17, 15) is 24.3 Å². The molecule has 3 aromatic carbocycles. The fourth-order valence-electron chi connectivity index (χ4n) is 8.29. The standard InChI is InChI=1S/C36H33BrN2O6/c1-4-19-10-12-22(13-11-19)38-32(41)24-15-14-23-25(29(24)34(38)43)18-27-33(42)39(21-8-6-5-7-9-21)35(44)36(27,2)30(23)26-16-20(37)17-28(45-3)31(26)40/h5-14,16-17,24-25,27,29-30,40H,4,15,18H2,1-3H3/t24-,25+,27-,29-,30+,36+/m0/s1. The van der Waals surface area contributed by atoms with Gasteiger partial charge in [0.1, 0.15) is 0 Å². The van der Waals surface area contributed by atoms with Crippen LogP contribution < -0.4 is 14.5 Å². The van der Waals surface area contributed by atoms with Crippen LogP contribution in [0.25, 0.3) is 0 Å². The SMILES string of the molecule is CCc1ccc(N2C(=O)[C@H]3[C@H](CC=C4[C@H]3C[C@H]3C(=O)N(c5ccccc5)C(=O)[C@@]3(C)[C@H]4c3cc(Br)cc(OC)c3O)C2=O)cc1. The van der Waals surface area contributed by atoms with Crippen LogP contribution in [0.15, 0.2) is 82.9 Å². The fraction of sp³-hybridized carbons (Fsp3) is 0.333. The lowest BCUT2D eigenvalue weighted by molar-refractivity contribution is -0.131. The highest BCUT2D eigenvalue weighted by atomic mass is 79.9. The Morgan fingerprint density at radius 2 is 1.60 bits per heavy atom. The maximum absolute atomic E-state index is 14.5. The quantitative estimate of drug-likeness (QED) is 0.258. The number of imide groups is 2. The average molecular weight is 670 g/mol. The van der Waals surface area contributed by atoms with Crippen molar-refractivity contribution in [2.75, 3.05) is 16.9 Å². The molecule has 0 spiro atoms. The first-order valence-corrected chi connectivity index (χ1v) is 16.1. The number of methoxy groups -OCH3 is 1. The molecule has 2 heterocycles. The molecule has 6 atom stereocenters. The van der Waals surface area contributed by atoms with E-state index in [-0.39, 0.29) is 41.5 Å². The van der Waals surface area contributed by atoms with Gasteiger partial charge in [-0.15, -0.1) is 0 Å². The number of hydrogen-bond donors (Lipinski definition) is 1. The molecule has 2 saturated heterocycles. The van der Waals surface area contributed by atoms with E-state index in [0.717, 1.165) is 17.6 Å². The molecule has 3 aromatic rings. The van der Waals surface area contributed by atoms with E-state index in [0.29, 0.717) is 27.8 Å². The summed E-state index contributed by atoms with van der Waals surface area (Å²) in [6.45, 7) is 3.84. The van der Waals surface area contributed by atoms with Crippen LogP contribution in [-0.2, 0) is 25.6 Å². The predicted octanol–water partition coefficient (Wildman–Crippen LogP) is 6.16. The summed E-state index contributed by atoms with van der Waals surface area (Å²) in [4.78, 5) is 59.5. The lowest BCUT2D eigenvalue weighted by atomic mass is 9.51. The summed E-state index contributed by atoms with van der Waals surface area (Å²) in [6.07, 6.45) is 3.37. The van der Waals surface area contributed by atoms with Crippen molar-refractivity contribution in [2.45, 2.75) is 39.0 Å². The number of fused-ring (bicyclic) bond motifs is 4. The topological polar surface area (TPSA) is 104 Å². The van der Waals surface area contributed by atoms with Crippen LogP contribution in [0.2, 0.25) is 0 Å². The van der Waals surface area contributed by atoms with Gasteiger partial charge in [-0.05, 0) is 74.1 Å². The smallest absolute Gasteiger partial charge is 0.241 e. The van der Waals surface area contributed by atoms with Crippen LogP contribution in [0, 0.1) is 29.1 Å². The molecule has 230 valence electrons. The Morgan fingerprint density at radius 3 is 2.27 bits per heavy atom. The number of carbonyl (C=O) groups is 4. The molecular weight excluding hydrogens is 636 g/mol. The van der Waals surface area contributed by atoms with Crippen molar-refractivity contribution in [1.29, 1.82) is 0 Å². The number of para-hydroxylation sites is 1. The van der Waals surface area contributed by atoms with Crippen molar-refractivity contribution >= 4 is 50.9 Å². The summed E-state index contributed by atoms with van der Waals surface area (Å²) >= 11 is 3.54. The minimum atomic E-state index is -1.27. The summed E-state index contributed by atoms with van der Waals surface area (Å²) in [5.74, 6) is -4.45. The molecule has 9 heteroatoms. The number of carbonyl (C=O) groups excluding carboxylic acids is 4. The monoisotopic (exact) mass is 668 g/mol. The fourth-order valence-corrected chi connectivity index (χ4v) is 8.74. The summed E-state index contributed by atoms with van der Waals surface area (Å²) in [7, 11) is 1.45. The third-order valence-electron chi connectivity index (χ3n) is 10.5. The van der Waals surface area contributed by atoms with Crippen molar-refractivity contribution in [3.05, 3.63) is 94.0 Å². The molecule has 0 aromatic heterocycles. The molecule has 4 amide bonds. The van der Waals surface area contributed by atoms with Gasteiger partial charge < -0.3 is 9.84 Å². The van der Waals surface area contributed by atoms with Crippen molar-refractivity contribution in [2.24, 2.45) is 29.1 Å². The number of allylic oxidation sites excluding steroid dienone is 2. The highest BCUT2D eigenvalue weighted by Crippen LogP contribution is 2.65. The number of aromatic hydroxyl groups is 1. The molecule has 1 saturated carbocycles. The maximum Gasteiger partial charge on any atom is 0.241 e. The van der Waals surface area contributed by atoms with Gasteiger partial charge in [-0.2, -0.15) is 0 Å². The van der Waals surface area contributed by atoms with Gasteiger partial charge in [0.2, 0.25) is 23.6 Å². The Bertz CT molecular complexity index is 1790. The largest absolute Gasteiger partial charge is 0.504 e. The Hall–Kier alpha value is -4.24. The second kappa shape index (κ2) is 10.7. The van der Waals surface area contributed by atoms with E-state index >= 15 is 0 Å². The van der Waals surface area contributed by atoms with Crippen LogP contribution >= 0.6 is 15.9 Å². The second-order valence-electron chi connectivity index (χ2n) is 12.6. The van der Waals surface area contributed by atoms with Gasteiger partial charge in [0, 0.05) is 16.0 Å². The van der Waals surface area contributed by atoms with E-state index in [4.69, 9.17) is 4.74 Å². The van der Waals surface area contributed by atoms with Crippen molar-refractivity contribution < 1.29 is 29.0 Å². The summed E-state index contributed by atoms with van der Waals surface area (Å²) in [5.41, 5.74) is 2.07. The number of halogens is 1. The molecule has 0 radical (unpaired) electrons. The zero-order valence-electron chi connectivity index (χ0n) is 25.2. The molecular formula is C36H33BrN2O6. The van der Waals surface area contributed by atoms with E-state index in [2.05, 4.69) is 15.9 Å². The third-order valence-corrected chi connectivity index (χ3v) is 10.9. The number of phenolic OH excluding ortho intramolecular Hbond substituents is 1. The minimum Gasteiger partial charge on any atom is -0.504 e. The highest BCUT2D eigenvalue weighted by molar-refractivity contribution is 9.10. The molecule has 4 aliphatic rings. The number of rotatable bonds is 5. The molecule has 2 aliphatic heterocycles. The van der Waals surface area contributed by atoms with Crippen molar-refractivity contribution in [3.8, 4) is 11.5 Å². The molecule has 1 N–H and O–H groups in total. The molecule has 7 rings (SSSR count). The van der Waals surface area contributed by atoms with Crippen LogP contribution in [0.3, 0.4) is 0 Å². The molecule has 2 aliphatic carbocycles. The Labute approximate surface area is 269 Å². The summed E-state index contributed by atoms with van der Waals surface area (Å²) in [6, 6.07) is 19.7. The van der Waals surface area contributed by atoms with Gasteiger partial charge in [0.05, 0.1) is 41.7 Å². The van der Waals surface area contributed by atoms with Crippen molar-refractivity contribution in [3.63, 3.8) is 0 Å². The van der Waals surface area contributed by atoms with Crippen LogP contribution in [0.1, 0.15) is 43.7 Å². The van der Waals surface area contributed by atoms with E-state index < -0.39 is 35.0 Å². The molecule has 45 heavy (non-hydrogen) atoms. The van der Waals surface area contributed by atoms with Gasteiger partial charge in [0.15, 0.2) is 11.5 Å². The van der Waals surface area contributed by atoms with Gasteiger partial charge in [-0.25, -0.2) is 4.90 Å². The Kier molecular flexibility index (Phi) is 7.00. The van der Waals surface area contributed by atoms with E-state index in [1.54, 1.807) is 43.3 Å². The van der Waals surface area contributed by atoms with Gasteiger partial charge in [-0.1, -0.05) is 64.8 Å². The zero-order chi connectivity index (χ0) is 31.8. The summed E-state index contributed by atoms with van der Waals surface area (Å²) in [5, 5.41) is 11.5. The third kappa shape index (κ3) is 4.16. The van der Waals surface area contributed by atoms with E-state index in [1.165, 1.54) is 16.9 Å².